The first-order chi connectivity index (χ1) is 17.3. The zero-order valence-electron chi connectivity index (χ0n) is 20.3. The third-order valence-electron chi connectivity index (χ3n) is 6.87. The normalized spacial score (nSPS) is 17.5. The largest absolute Gasteiger partial charge is 0.351 e. The molecular formula is C26H35N7OS. The predicted molar refractivity (Wildman–Crippen MR) is 140 cm³/mol. The van der Waals surface area contributed by atoms with Crippen LogP contribution < -0.4 is 10.2 Å². The Balaban J connectivity index is 1.05. The van der Waals surface area contributed by atoms with Gasteiger partial charge >= 0.3 is 0 Å². The zero-order valence-corrected chi connectivity index (χ0v) is 21.1. The average Bonchev–Trinajstić information content (AvgIpc) is 3.59. The fourth-order valence-electron chi connectivity index (χ4n) is 4.86. The van der Waals surface area contributed by atoms with E-state index < -0.39 is 0 Å². The summed E-state index contributed by atoms with van der Waals surface area (Å²) >= 11 is 1.55. The van der Waals surface area contributed by atoms with Crippen molar-refractivity contribution < 1.29 is 4.79 Å². The number of amides is 1. The summed E-state index contributed by atoms with van der Waals surface area (Å²) in [5.74, 6) is -0.0580. The van der Waals surface area contributed by atoms with E-state index in [2.05, 4.69) is 60.5 Å². The molecule has 2 aromatic heterocycles. The number of hydrogen-bond donors (Lipinski definition) is 1. The lowest BCUT2D eigenvalue weighted by molar-refractivity contribution is 0.0940. The van der Waals surface area contributed by atoms with E-state index in [9.17, 15) is 4.79 Å². The van der Waals surface area contributed by atoms with Crippen LogP contribution in [-0.4, -0.2) is 82.8 Å². The molecule has 2 fully saturated rings. The Morgan fingerprint density at radius 3 is 2.40 bits per heavy atom. The van der Waals surface area contributed by atoms with Gasteiger partial charge in [-0.25, -0.2) is 0 Å². The Morgan fingerprint density at radius 1 is 0.857 bits per heavy atom. The molecule has 9 heteroatoms. The van der Waals surface area contributed by atoms with Crippen LogP contribution >= 0.6 is 11.3 Å². The van der Waals surface area contributed by atoms with Crippen molar-refractivity contribution in [2.75, 3.05) is 57.3 Å². The monoisotopic (exact) mass is 493 g/mol. The second kappa shape index (κ2) is 11.8. The van der Waals surface area contributed by atoms with Gasteiger partial charge in [-0.2, -0.15) is 0 Å². The van der Waals surface area contributed by atoms with E-state index in [0.29, 0.717) is 12.2 Å². The molecule has 0 bridgehead atoms. The fourth-order valence-corrected chi connectivity index (χ4v) is 5.75. The highest BCUT2D eigenvalue weighted by Gasteiger charge is 2.20. The summed E-state index contributed by atoms with van der Waals surface area (Å²) < 4.78 is 1.85. The summed E-state index contributed by atoms with van der Waals surface area (Å²) in [6.07, 6.45) is 6.53. The van der Waals surface area contributed by atoms with Crippen LogP contribution in [0.2, 0.25) is 0 Å². The number of piperazine rings is 1. The molecule has 2 aliphatic rings. The minimum Gasteiger partial charge on any atom is -0.351 e. The summed E-state index contributed by atoms with van der Waals surface area (Å²) in [6, 6.07) is 14.4. The van der Waals surface area contributed by atoms with Crippen LogP contribution in [0.1, 0.15) is 41.7 Å². The van der Waals surface area contributed by atoms with Crippen LogP contribution in [0, 0.1) is 0 Å². The number of hydrogen-bond acceptors (Lipinski definition) is 7. The van der Waals surface area contributed by atoms with E-state index >= 15 is 0 Å². The number of rotatable bonds is 9. The van der Waals surface area contributed by atoms with Crippen LogP contribution in [0.4, 0.5) is 5.13 Å². The van der Waals surface area contributed by atoms with Crippen LogP contribution in [-0.2, 0) is 6.54 Å². The zero-order chi connectivity index (χ0) is 23.9. The summed E-state index contributed by atoms with van der Waals surface area (Å²) in [6.45, 7) is 9.13. The lowest BCUT2D eigenvalue weighted by Gasteiger charge is -2.34. The summed E-state index contributed by atoms with van der Waals surface area (Å²) in [7, 11) is 0. The highest BCUT2D eigenvalue weighted by Crippen LogP contribution is 2.26. The topological polar surface area (TPSA) is 69.5 Å². The molecule has 1 amide bonds. The number of aromatic nitrogens is 3. The Hall–Kier alpha value is -2.75. The predicted octanol–water partition coefficient (Wildman–Crippen LogP) is 3.26. The molecule has 3 aromatic rings. The summed E-state index contributed by atoms with van der Waals surface area (Å²) in [5, 5.41) is 13.5. The molecule has 2 saturated heterocycles. The van der Waals surface area contributed by atoms with Crippen molar-refractivity contribution in [2.24, 2.45) is 0 Å². The Morgan fingerprint density at radius 2 is 1.60 bits per heavy atom. The van der Waals surface area contributed by atoms with Crippen LogP contribution in [0.3, 0.4) is 0 Å². The molecule has 186 valence electrons. The SMILES string of the molecule is O=C(NCCCN1CCN(Cc2ccccc2)CC1)c1cccn1-c1nnc(N2CCCCC2)s1. The molecule has 0 saturated carbocycles. The minimum absolute atomic E-state index is 0.0580. The van der Waals surface area contributed by atoms with Gasteiger partial charge < -0.3 is 15.1 Å². The van der Waals surface area contributed by atoms with Crippen molar-refractivity contribution in [3.8, 4) is 5.13 Å². The molecule has 5 rings (SSSR count). The number of piperidine rings is 1. The van der Waals surface area contributed by atoms with E-state index in [-0.39, 0.29) is 5.91 Å². The minimum atomic E-state index is -0.0580. The second-order valence-corrected chi connectivity index (χ2v) is 10.3. The van der Waals surface area contributed by atoms with Crippen molar-refractivity contribution in [3.63, 3.8) is 0 Å². The number of carbonyl (C=O) groups excluding carboxylic acids is 1. The molecule has 0 atom stereocenters. The van der Waals surface area contributed by atoms with Gasteiger partial charge in [-0.05, 0) is 49.9 Å². The third kappa shape index (κ3) is 6.28. The number of anilines is 1. The molecule has 1 N–H and O–H groups in total. The van der Waals surface area contributed by atoms with Gasteiger partial charge in [-0.15, -0.1) is 10.2 Å². The van der Waals surface area contributed by atoms with E-state index in [1.165, 1.54) is 24.8 Å². The smallest absolute Gasteiger partial charge is 0.268 e. The van der Waals surface area contributed by atoms with Crippen molar-refractivity contribution in [1.29, 1.82) is 0 Å². The molecule has 0 radical (unpaired) electrons. The molecule has 4 heterocycles. The van der Waals surface area contributed by atoms with E-state index in [0.717, 1.165) is 69.0 Å². The first kappa shape index (κ1) is 24.0. The maximum Gasteiger partial charge on any atom is 0.268 e. The van der Waals surface area contributed by atoms with Gasteiger partial charge in [0.15, 0.2) is 0 Å². The molecule has 0 unspecified atom stereocenters. The van der Waals surface area contributed by atoms with Crippen LogP contribution in [0.15, 0.2) is 48.7 Å². The average molecular weight is 494 g/mol. The highest BCUT2D eigenvalue weighted by molar-refractivity contribution is 7.17. The Bertz CT molecular complexity index is 1070. The quantitative estimate of drug-likeness (QED) is 0.462. The molecule has 0 spiro atoms. The van der Waals surface area contributed by atoms with E-state index in [1.54, 1.807) is 11.3 Å². The molecule has 35 heavy (non-hydrogen) atoms. The maximum absolute atomic E-state index is 12.9. The standard InChI is InChI=1S/C26H35N7OS/c34-24(23-11-7-16-33(23)26-29-28-25(35-26)32-14-5-2-6-15-32)27-12-8-13-30-17-19-31(20-18-30)21-22-9-3-1-4-10-22/h1,3-4,7,9-11,16H,2,5-6,8,12-15,17-21H2,(H,27,34). The maximum atomic E-state index is 12.9. The van der Waals surface area contributed by atoms with Crippen LogP contribution in [0.5, 0.6) is 0 Å². The van der Waals surface area contributed by atoms with Crippen molar-refractivity contribution in [1.82, 2.24) is 29.9 Å². The van der Waals surface area contributed by atoms with Gasteiger partial charge in [-0.3, -0.25) is 14.3 Å². The lowest BCUT2D eigenvalue weighted by atomic mass is 10.1. The first-order valence-corrected chi connectivity index (χ1v) is 13.6. The molecule has 2 aliphatic heterocycles. The van der Waals surface area contributed by atoms with E-state index in [1.807, 2.05) is 22.9 Å². The second-order valence-electron chi connectivity index (χ2n) is 9.39. The molecular weight excluding hydrogens is 458 g/mol. The van der Waals surface area contributed by atoms with Crippen molar-refractivity contribution in [3.05, 3.63) is 59.9 Å². The van der Waals surface area contributed by atoms with Crippen molar-refractivity contribution >= 4 is 22.4 Å². The van der Waals surface area contributed by atoms with Gasteiger partial charge in [0, 0.05) is 58.6 Å². The molecule has 0 aliphatic carbocycles. The highest BCUT2D eigenvalue weighted by atomic mass is 32.1. The van der Waals surface area contributed by atoms with Gasteiger partial charge in [0.2, 0.25) is 10.3 Å². The Kier molecular flexibility index (Phi) is 8.07. The number of nitrogens with zero attached hydrogens (tertiary/aromatic N) is 6. The first-order valence-electron chi connectivity index (χ1n) is 12.8. The van der Waals surface area contributed by atoms with E-state index in [4.69, 9.17) is 0 Å². The Labute approximate surface area is 211 Å². The number of benzene rings is 1. The van der Waals surface area contributed by atoms with Gasteiger partial charge in [0.05, 0.1) is 0 Å². The summed E-state index contributed by atoms with van der Waals surface area (Å²) in [4.78, 5) is 20.2. The van der Waals surface area contributed by atoms with Crippen molar-refractivity contribution in [2.45, 2.75) is 32.2 Å². The van der Waals surface area contributed by atoms with Crippen LogP contribution in [0.25, 0.3) is 5.13 Å². The number of nitrogens with one attached hydrogen (secondary N) is 1. The lowest BCUT2D eigenvalue weighted by Crippen LogP contribution is -2.46. The fraction of sp³-hybridized carbons (Fsp3) is 0.500. The summed E-state index contributed by atoms with van der Waals surface area (Å²) in [5.41, 5.74) is 1.99. The number of carbonyl (C=O) groups is 1. The molecule has 1 aromatic carbocycles. The third-order valence-corrected chi connectivity index (χ3v) is 7.85. The van der Waals surface area contributed by atoms with Gasteiger partial charge in [0.25, 0.3) is 5.91 Å². The van der Waals surface area contributed by atoms with Gasteiger partial charge in [-0.1, -0.05) is 41.7 Å². The van der Waals surface area contributed by atoms with Gasteiger partial charge in [0.1, 0.15) is 5.69 Å². The molecule has 8 nitrogen and oxygen atoms in total.